The maximum atomic E-state index is 11.0. The maximum Gasteiger partial charge on any atom is 0.221 e. The van der Waals surface area contributed by atoms with Gasteiger partial charge in [-0.25, -0.2) is 0 Å². The van der Waals surface area contributed by atoms with Crippen LogP contribution in [0.2, 0.25) is 0 Å². The van der Waals surface area contributed by atoms with Gasteiger partial charge in [0.15, 0.2) is 5.69 Å². The van der Waals surface area contributed by atoms with Crippen LogP contribution >= 0.6 is 0 Å². The molecule has 0 atom stereocenters. The van der Waals surface area contributed by atoms with Gasteiger partial charge in [-0.05, 0) is 18.2 Å². The molecule has 0 saturated carbocycles. The largest absolute Gasteiger partial charge is 0.326 e. The Labute approximate surface area is 94.7 Å². The highest BCUT2D eigenvalue weighted by atomic mass is 16.1. The lowest BCUT2D eigenvalue weighted by atomic mass is 10.1. The molecule has 1 amide bonds. The van der Waals surface area contributed by atoms with Gasteiger partial charge in [-0.15, -0.1) is 0 Å². The molecule has 0 aliphatic rings. The zero-order valence-corrected chi connectivity index (χ0v) is 9.74. The first-order valence-electron chi connectivity index (χ1n) is 5.25. The Kier molecular flexibility index (Phi) is 2.60. The summed E-state index contributed by atoms with van der Waals surface area (Å²) < 4.78 is 2.13. The van der Waals surface area contributed by atoms with Crippen molar-refractivity contribution in [3.05, 3.63) is 36.0 Å². The van der Waals surface area contributed by atoms with E-state index < -0.39 is 0 Å². The van der Waals surface area contributed by atoms with Gasteiger partial charge >= 0.3 is 0 Å². The van der Waals surface area contributed by atoms with Gasteiger partial charge < -0.3 is 5.32 Å². The number of aryl methyl sites for hydroxylation is 2. The summed E-state index contributed by atoms with van der Waals surface area (Å²) in [6, 6.07) is 10.1. The predicted molar refractivity (Wildman–Crippen MR) is 64.2 cm³/mol. The summed E-state index contributed by atoms with van der Waals surface area (Å²) in [5, 5.41) is 3.91. The van der Waals surface area contributed by atoms with Gasteiger partial charge in [-0.2, -0.15) is 4.57 Å². The zero-order valence-electron chi connectivity index (χ0n) is 9.74. The summed E-state index contributed by atoms with van der Waals surface area (Å²) in [5.74, 6) is -0.0455. The van der Waals surface area contributed by atoms with Crippen molar-refractivity contribution in [2.45, 2.75) is 13.8 Å². The molecule has 1 aromatic carbocycles. The van der Waals surface area contributed by atoms with E-state index in [-0.39, 0.29) is 5.91 Å². The van der Waals surface area contributed by atoms with Crippen molar-refractivity contribution >= 4 is 22.5 Å². The summed E-state index contributed by atoms with van der Waals surface area (Å²) in [5.41, 5.74) is 3.21. The molecule has 3 heteroatoms. The van der Waals surface area contributed by atoms with Crippen LogP contribution in [0.5, 0.6) is 0 Å². The quantitative estimate of drug-likeness (QED) is 0.724. The minimum Gasteiger partial charge on any atom is -0.326 e. The van der Waals surface area contributed by atoms with Crippen molar-refractivity contribution < 1.29 is 9.36 Å². The number of amides is 1. The number of nitrogens with one attached hydrogen (secondary N) is 1. The van der Waals surface area contributed by atoms with Gasteiger partial charge in [-0.3, -0.25) is 4.79 Å². The van der Waals surface area contributed by atoms with E-state index in [4.69, 9.17) is 0 Å². The lowest BCUT2D eigenvalue weighted by Crippen LogP contribution is -2.32. The summed E-state index contributed by atoms with van der Waals surface area (Å²) in [6.45, 7) is 3.58. The third-order valence-electron chi connectivity index (χ3n) is 2.74. The van der Waals surface area contributed by atoms with Crippen molar-refractivity contribution in [2.75, 3.05) is 5.32 Å². The molecule has 0 aliphatic heterocycles. The molecule has 0 bridgehead atoms. The third-order valence-corrected chi connectivity index (χ3v) is 2.74. The van der Waals surface area contributed by atoms with Gasteiger partial charge in [0.25, 0.3) is 0 Å². The van der Waals surface area contributed by atoms with Crippen LogP contribution in [0.1, 0.15) is 12.6 Å². The monoisotopic (exact) mass is 215 g/mol. The van der Waals surface area contributed by atoms with Crippen molar-refractivity contribution in [2.24, 2.45) is 7.05 Å². The number of carbonyl (C=O) groups excluding carboxylic acids is 1. The number of anilines is 1. The van der Waals surface area contributed by atoms with Crippen LogP contribution in [0.4, 0.5) is 5.69 Å². The minimum atomic E-state index is -0.0455. The molecule has 0 saturated heterocycles. The number of aromatic nitrogens is 1. The topological polar surface area (TPSA) is 33.0 Å². The van der Waals surface area contributed by atoms with Gasteiger partial charge in [0.2, 0.25) is 11.4 Å². The van der Waals surface area contributed by atoms with Crippen LogP contribution in [-0.4, -0.2) is 5.91 Å². The molecule has 1 N–H and O–H groups in total. The molecule has 1 aromatic heterocycles. The maximum absolute atomic E-state index is 11.0. The first-order chi connectivity index (χ1) is 7.58. The second-order valence-corrected chi connectivity index (χ2v) is 3.99. The fraction of sp³-hybridized carbons (Fsp3) is 0.231. The second-order valence-electron chi connectivity index (χ2n) is 3.99. The van der Waals surface area contributed by atoms with E-state index in [1.54, 1.807) is 0 Å². The number of hydrogen-bond donors (Lipinski definition) is 1. The number of nitrogens with zero attached hydrogens (tertiary/aromatic N) is 1. The van der Waals surface area contributed by atoms with Crippen molar-refractivity contribution in [3.8, 4) is 0 Å². The van der Waals surface area contributed by atoms with Gasteiger partial charge in [-0.1, -0.05) is 0 Å². The lowest BCUT2D eigenvalue weighted by Gasteiger charge is -2.04. The zero-order chi connectivity index (χ0) is 11.7. The standard InChI is InChI=1S/C13H14N2O/c1-9-4-5-11-8-12(14-10(2)16)6-7-13(11)15(9)3/h4-8H,1-3H3/p+1. The van der Waals surface area contributed by atoms with E-state index in [9.17, 15) is 4.79 Å². The molecule has 3 nitrogen and oxygen atoms in total. The first kappa shape index (κ1) is 10.6. The summed E-state index contributed by atoms with van der Waals surface area (Å²) >= 11 is 0. The third kappa shape index (κ3) is 1.89. The average molecular weight is 215 g/mol. The molecule has 1 heterocycles. The molecule has 2 aromatic rings. The van der Waals surface area contributed by atoms with Crippen molar-refractivity contribution in [1.29, 1.82) is 0 Å². The van der Waals surface area contributed by atoms with Crippen LogP contribution in [0, 0.1) is 6.92 Å². The van der Waals surface area contributed by atoms with E-state index in [2.05, 4.69) is 28.9 Å². The van der Waals surface area contributed by atoms with Crippen LogP contribution < -0.4 is 9.88 Å². The second kappa shape index (κ2) is 3.93. The van der Waals surface area contributed by atoms with E-state index >= 15 is 0 Å². The fourth-order valence-electron chi connectivity index (χ4n) is 1.79. The van der Waals surface area contributed by atoms with Gasteiger partial charge in [0.1, 0.15) is 7.05 Å². The Morgan fingerprint density at radius 1 is 1.25 bits per heavy atom. The molecule has 82 valence electrons. The van der Waals surface area contributed by atoms with E-state index in [0.717, 1.165) is 16.6 Å². The molecule has 16 heavy (non-hydrogen) atoms. The van der Waals surface area contributed by atoms with Gasteiger partial charge in [0.05, 0.1) is 0 Å². The van der Waals surface area contributed by atoms with Crippen LogP contribution in [0.3, 0.4) is 0 Å². The molecular weight excluding hydrogens is 200 g/mol. The molecule has 0 unspecified atom stereocenters. The first-order valence-corrected chi connectivity index (χ1v) is 5.25. The number of pyridine rings is 1. The predicted octanol–water partition coefficient (Wildman–Crippen LogP) is 1.93. The van der Waals surface area contributed by atoms with E-state index in [0.29, 0.717) is 0 Å². The highest BCUT2D eigenvalue weighted by molar-refractivity contribution is 5.91. The smallest absolute Gasteiger partial charge is 0.221 e. The lowest BCUT2D eigenvalue weighted by molar-refractivity contribution is -0.651. The average Bonchev–Trinajstić information content (AvgIpc) is 2.23. The SMILES string of the molecule is CC(=O)Nc1ccc2c(ccc(C)[n+]2C)c1. The van der Waals surface area contributed by atoms with E-state index in [1.165, 1.54) is 12.6 Å². The Balaban J connectivity index is 2.56. The summed E-state index contributed by atoms with van der Waals surface area (Å²) in [7, 11) is 2.04. The minimum absolute atomic E-state index is 0.0455. The Morgan fingerprint density at radius 2 is 2.00 bits per heavy atom. The van der Waals surface area contributed by atoms with Gasteiger partial charge in [0, 0.05) is 37.1 Å². The molecule has 0 radical (unpaired) electrons. The molecule has 0 spiro atoms. The number of rotatable bonds is 1. The summed E-state index contributed by atoms with van der Waals surface area (Å²) in [4.78, 5) is 11.0. The van der Waals surface area contributed by atoms with Crippen LogP contribution in [-0.2, 0) is 11.8 Å². The van der Waals surface area contributed by atoms with Crippen molar-refractivity contribution in [3.63, 3.8) is 0 Å². The fourth-order valence-corrected chi connectivity index (χ4v) is 1.79. The van der Waals surface area contributed by atoms with E-state index in [1.807, 2.05) is 25.2 Å². The Morgan fingerprint density at radius 3 is 2.69 bits per heavy atom. The Hall–Kier alpha value is -1.90. The Bertz CT molecular complexity index is 561. The van der Waals surface area contributed by atoms with Crippen LogP contribution in [0.25, 0.3) is 10.9 Å². The number of carbonyl (C=O) groups is 1. The number of benzene rings is 1. The molecule has 0 aliphatic carbocycles. The summed E-state index contributed by atoms with van der Waals surface area (Å²) in [6.07, 6.45) is 0. The molecule has 2 rings (SSSR count). The highest BCUT2D eigenvalue weighted by Gasteiger charge is 2.08. The highest BCUT2D eigenvalue weighted by Crippen LogP contribution is 2.16. The molecule has 0 fully saturated rings. The number of hydrogen-bond acceptors (Lipinski definition) is 1. The molecular formula is C13H15N2O+. The number of fused-ring (bicyclic) bond motifs is 1. The van der Waals surface area contributed by atoms with Crippen LogP contribution in [0.15, 0.2) is 30.3 Å². The van der Waals surface area contributed by atoms with Crippen molar-refractivity contribution in [1.82, 2.24) is 0 Å². The normalized spacial score (nSPS) is 10.4.